The maximum absolute atomic E-state index is 13.4. The van der Waals surface area contributed by atoms with Crippen molar-refractivity contribution in [2.45, 2.75) is 0 Å². The summed E-state index contributed by atoms with van der Waals surface area (Å²) in [5.41, 5.74) is -0.0557. The van der Waals surface area contributed by atoms with Crippen molar-refractivity contribution in [3.05, 3.63) is 47.7 Å². The molecule has 3 rings (SSSR count). The lowest BCUT2D eigenvalue weighted by molar-refractivity contribution is 0.0692. The van der Waals surface area contributed by atoms with Crippen molar-refractivity contribution in [2.24, 2.45) is 0 Å². The fourth-order valence-electron chi connectivity index (χ4n) is 2.38. The second kappa shape index (κ2) is 4.73. The highest BCUT2D eigenvalue weighted by atomic mass is 19.1. The second-order valence-corrected chi connectivity index (χ2v) is 4.72. The lowest BCUT2D eigenvalue weighted by atomic mass is 10.0. The number of hydrogen-bond donors (Lipinski definition) is 4. The molecule has 22 heavy (non-hydrogen) atoms. The van der Waals surface area contributed by atoms with E-state index in [1.54, 1.807) is 0 Å². The third-order valence-corrected chi connectivity index (χ3v) is 3.26. The summed E-state index contributed by atoms with van der Waals surface area (Å²) in [4.78, 5) is 13.9. The Kier molecular flexibility index (Phi) is 2.98. The van der Waals surface area contributed by atoms with Gasteiger partial charge in [-0.2, -0.15) is 0 Å². The molecule has 0 atom stereocenters. The van der Waals surface area contributed by atoms with E-state index in [0.717, 1.165) is 24.3 Å². The van der Waals surface area contributed by atoms with Crippen LogP contribution in [0.25, 0.3) is 22.0 Å². The van der Waals surface area contributed by atoms with E-state index in [9.17, 15) is 28.9 Å². The van der Waals surface area contributed by atoms with Crippen LogP contribution in [0.2, 0.25) is 0 Å². The summed E-state index contributed by atoms with van der Waals surface area (Å²) in [5, 5.41) is 28.5. The Balaban J connectivity index is 2.42. The highest BCUT2D eigenvalue weighted by molar-refractivity contribution is 6.08. The van der Waals surface area contributed by atoms with Gasteiger partial charge in [-0.1, -0.05) is 0 Å². The van der Waals surface area contributed by atoms with Crippen LogP contribution in [0.5, 0.6) is 11.5 Å². The van der Waals surface area contributed by atoms with Gasteiger partial charge in [0.15, 0.2) is 11.5 Å². The van der Waals surface area contributed by atoms with Gasteiger partial charge in [-0.3, -0.25) is 0 Å². The first kappa shape index (κ1) is 13.9. The van der Waals surface area contributed by atoms with Crippen LogP contribution in [0, 0.1) is 11.6 Å². The average Bonchev–Trinajstić information content (AvgIpc) is 2.77. The van der Waals surface area contributed by atoms with Gasteiger partial charge in [-0.05, 0) is 23.8 Å². The molecule has 0 spiro atoms. The maximum atomic E-state index is 13.4. The minimum absolute atomic E-state index is 0.00578. The number of phenolic OH excluding ortho intramolecular Hbond substituents is 2. The average molecular weight is 305 g/mol. The number of hydrogen-bond acceptors (Lipinski definition) is 3. The Morgan fingerprint density at radius 3 is 2.14 bits per heavy atom. The number of carboxylic acids is 1. The van der Waals surface area contributed by atoms with Gasteiger partial charge in [0, 0.05) is 23.1 Å². The third kappa shape index (κ3) is 2.12. The molecule has 4 N–H and O–H groups in total. The lowest BCUT2D eigenvalue weighted by Crippen LogP contribution is -1.99. The van der Waals surface area contributed by atoms with Gasteiger partial charge in [0.1, 0.15) is 17.3 Å². The molecule has 1 heterocycles. The zero-order chi connectivity index (χ0) is 16.0. The first-order chi connectivity index (χ1) is 10.4. The predicted molar refractivity (Wildman–Crippen MR) is 73.9 cm³/mol. The summed E-state index contributed by atoms with van der Waals surface area (Å²) in [7, 11) is 0. The number of halogens is 2. The molecule has 0 fully saturated rings. The van der Waals surface area contributed by atoms with Crippen molar-refractivity contribution in [2.75, 3.05) is 0 Å². The molecule has 0 radical (unpaired) electrons. The Bertz CT molecular complexity index is 897. The van der Waals surface area contributed by atoms with Crippen LogP contribution >= 0.6 is 0 Å². The smallest absolute Gasteiger partial charge is 0.352 e. The number of fused-ring (bicyclic) bond motifs is 1. The van der Waals surface area contributed by atoms with Gasteiger partial charge in [0.05, 0.1) is 5.52 Å². The number of nitrogens with one attached hydrogen (secondary N) is 1. The monoisotopic (exact) mass is 305 g/mol. The molecule has 0 saturated heterocycles. The quantitative estimate of drug-likeness (QED) is 0.547. The molecule has 0 amide bonds. The summed E-state index contributed by atoms with van der Waals surface area (Å²) in [6.07, 6.45) is 0. The zero-order valence-corrected chi connectivity index (χ0v) is 10.9. The molecule has 0 aliphatic rings. The molecule has 3 aromatic rings. The van der Waals surface area contributed by atoms with Crippen LogP contribution in [0.15, 0.2) is 30.3 Å². The number of aromatic nitrogens is 1. The molecule has 5 nitrogen and oxygen atoms in total. The molecule has 0 unspecified atom stereocenters. The molecule has 112 valence electrons. The van der Waals surface area contributed by atoms with Gasteiger partial charge in [-0.15, -0.1) is 0 Å². The fourth-order valence-corrected chi connectivity index (χ4v) is 2.38. The molecular weight excluding hydrogens is 296 g/mol. The number of H-pyrrole nitrogens is 1. The van der Waals surface area contributed by atoms with Crippen LogP contribution < -0.4 is 0 Å². The number of carboxylic acid groups (broad SMARTS) is 1. The van der Waals surface area contributed by atoms with E-state index in [0.29, 0.717) is 6.07 Å². The Morgan fingerprint density at radius 1 is 0.955 bits per heavy atom. The van der Waals surface area contributed by atoms with Crippen molar-refractivity contribution in [3.63, 3.8) is 0 Å². The SMILES string of the molecule is O=C(O)c1[nH]c2cc(O)c(O)cc2c1-c1cc(F)cc(F)c1. The number of carbonyl (C=O) groups is 1. The van der Waals surface area contributed by atoms with Crippen molar-refractivity contribution in [3.8, 4) is 22.6 Å². The minimum Gasteiger partial charge on any atom is -0.504 e. The van der Waals surface area contributed by atoms with Crippen LogP contribution in [-0.2, 0) is 0 Å². The molecule has 0 saturated carbocycles. The molecule has 0 aliphatic heterocycles. The van der Waals surface area contributed by atoms with Gasteiger partial charge < -0.3 is 20.3 Å². The molecule has 1 aromatic heterocycles. The van der Waals surface area contributed by atoms with Gasteiger partial charge in [0.25, 0.3) is 0 Å². The molecule has 2 aromatic carbocycles. The number of aromatic hydroxyl groups is 2. The Hall–Kier alpha value is -3.09. The highest BCUT2D eigenvalue weighted by Crippen LogP contribution is 2.38. The standard InChI is InChI=1S/C15H9F2NO4/c16-7-1-6(2-8(17)3-7)13-9-4-11(19)12(20)5-10(9)18-14(13)15(21)22/h1-5,18-20H,(H,21,22). The van der Waals surface area contributed by atoms with Crippen molar-refractivity contribution < 1.29 is 28.9 Å². The second-order valence-electron chi connectivity index (χ2n) is 4.72. The summed E-state index contributed by atoms with van der Waals surface area (Å²) >= 11 is 0. The van der Waals surface area contributed by atoms with Gasteiger partial charge >= 0.3 is 5.97 Å². The molecule has 7 heteroatoms. The molecule has 0 bridgehead atoms. The fraction of sp³-hybridized carbons (Fsp3) is 0. The van der Waals surface area contributed by atoms with Gasteiger partial charge in [-0.25, -0.2) is 13.6 Å². The molecular formula is C15H9F2NO4. The molecule has 0 aliphatic carbocycles. The van der Waals surface area contributed by atoms with Crippen molar-refractivity contribution in [1.29, 1.82) is 0 Å². The summed E-state index contributed by atoms with van der Waals surface area (Å²) in [5.74, 6) is -3.97. The van der Waals surface area contributed by atoms with Gasteiger partial charge in [0.2, 0.25) is 0 Å². The Morgan fingerprint density at radius 2 is 1.55 bits per heavy atom. The van der Waals surface area contributed by atoms with E-state index >= 15 is 0 Å². The van der Waals surface area contributed by atoms with E-state index in [2.05, 4.69) is 4.98 Å². The lowest BCUT2D eigenvalue weighted by Gasteiger charge is -2.04. The van der Waals surface area contributed by atoms with Crippen LogP contribution in [0.1, 0.15) is 10.5 Å². The number of rotatable bonds is 2. The number of benzene rings is 2. The number of phenols is 2. The summed E-state index contributed by atoms with van der Waals surface area (Å²) in [6.45, 7) is 0. The van der Waals surface area contributed by atoms with Crippen LogP contribution in [0.3, 0.4) is 0 Å². The van der Waals surface area contributed by atoms with Crippen molar-refractivity contribution >= 4 is 16.9 Å². The minimum atomic E-state index is -1.34. The third-order valence-electron chi connectivity index (χ3n) is 3.26. The van der Waals surface area contributed by atoms with Crippen LogP contribution in [0.4, 0.5) is 8.78 Å². The summed E-state index contributed by atoms with van der Waals surface area (Å²) in [6, 6.07) is 4.91. The summed E-state index contributed by atoms with van der Waals surface area (Å²) < 4.78 is 26.8. The maximum Gasteiger partial charge on any atom is 0.352 e. The van der Waals surface area contributed by atoms with E-state index in [-0.39, 0.29) is 27.7 Å². The van der Waals surface area contributed by atoms with E-state index in [1.807, 2.05) is 0 Å². The normalized spacial score (nSPS) is 11.0. The Labute approximate surface area is 122 Å². The van der Waals surface area contributed by atoms with E-state index < -0.39 is 29.1 Å². The largest absolute Gasteiger partial charge is 0.504 e. The zero-order valence-electron chi connectivity index (χ0n) is 10.9. The van der Waals surface area contributed by atoms with E-state index in [4.69, 9.17) is 0 Å². The first-order valence-electron chi connectivity index (χ1n) is 6.14. The van der Waals surface area contributed by atoms with Crippen LogP contribution in [-0.4, -0.2) is 26.3 Å². The number of aromatic amines is 1. The number of aromatic carboxylic acids is 1. The highest BCUT2D eigenvalue weighted by Gasteiger charge is 2.21. The first-order valence-corrected chi connectivity index (χ1v) is 6.14. The predicted octanol–water partition coefficient (Wildman–Crippen LogP) is 3.22. The van der Waals surface area contributed by atoms with E-state index in [1.165, 1.54) is 0 Å². The topological polar surface area (TPSA) is 93.5 Å². The van der Waals surface area contributed by atoms with Crippen molar-refractivity contribution in [1.82, 2.24) is 4.98 Å².